The van der Waals surface area contributed by atoms with Gasteiger partial charge in [0.25, 0.3) is 0 Å². The number of nitrogens with one attached hydrogen (secondary N) is 1. The van der Waals surface area contributed by atoms with E-state index in [0.717, 1.165) is 33.8 Å². The van der Waals surface area contributed by atoms with E-state index in [2.05, 4.69) is 233 Å². The largest absolute Gasteiger partial charge is 0.354 e. The van der Waals surface area contributed by atoms with Crippen LogP contribution in [0.2, 0.25) is 0 Å². The Morgan fingerprint density at radius 2 is 0.915 bits per heavy atom. The van der Waals surface area contributed by atoms with E-state index in [9.17, 15) is 0 Å². The maximum Gasteiger partial charge on any atom is 0.0627 e. The van der Waals surface area contributed by atoms with Crippen LogP contribution in [0.5, 0.6) is 0 Å². The average molecular weight is 752 g/mol. The number of aromatic amines is 1. The molecule has 2 aromatic heterocycles. The molecule has 1 N–H and O–H groups in total. The van der Waals surface area contributed by atoms with Crippen molar-refractivity contribution in [2.75, 3.05) is 4.90 Å². The van der Waals surface area contributed by atoms with Crippen LogP contribution in [0, 0.1) is 0 Å². The molecule has 0 atom stereocenters. The summed E-state index contributed by atoms with van der Waals surface area (Å²) in [7, 11) is 0. The van der Waals surface area contributed by atoms with Gasteiger partial charge in [0.15, 0.2) is 0 Å². The zero-order chi connectivity index (χ0) is 38.9. The third-order valence-electron chi connectivity index (χ3n) is 12.1. The van der Waals surface area contributed by atoms with Crippen molar-refractivity contribution >= 4 is 82.2 Å². The van der Waals surface area contributed by atoms with Crippen molar-refractivity contribution in [2.24, 2.45) is 0 Å². The minimum Gasteiger partial charge on any atom is -0.354 e. The smallest absolute Gasteiger partial charge is 0.0627 e. The van der Waals surface area contributed by atoms with Crippen LogP contribution in [0.4, 0.5) is 17.1 Å². The second-order valence-corrected chi connectivity index (χ2v) is 15.4. The lowest BCUT2D eigenvalue weighted by molar-refractivity contribution is 1.19. The lowest BCUT2D eigenvalue weighted by Gasteiger charge is -2.26. The van der Waals surface area contributed by atoms with Crippen molar-refractivity contribution in [2.45, 2.75) is 0 Å². The Hall–Kier alpha value is -7.88. The summed E-state index contributed by atoms with van der Waals surface area (Å²) in [5.41, 5.74) is 13.9. The van der Waals surface area contributed by atoms with E-state index in [4.69, 9.17) is 0 Å². The molecule has 0 aliphatic heterocycles. The first kappa shape index (κ1) is 33.3. The van der Waals surface area contributed by atoms with Crippen molar-refractivity contribution in [3.05, 3.63) is 218 Å². The molecule has 0 fully saturated rings. The molecule has 0 aliphatic rings. The van der Waals surface area contributed by atoms with E-state index in [-0.39, 0.29) is 0 Å². The summed E-state index contributed by atoms with van der Waals surface area (Å²) in [4.78, 5) is 6.38. The fraction of sp³-hybridized carbons (Fsp3) is 0. The lowest BCUT2D eigenvalue weighted by atomic mass is 9.98. The number of hydrogen-bond donors (Lipinski definition) is 1. The SMILES string of the molecule is c1ccc(-c2ccc(N(c3cccc(-c4ccccc4)c3)c3ccc4c(c3)[nH]c3c5ccccc5c5c(c6ccc7ccccc7c6n5-c5ccccc5)c43)cc2)cc1. The maximum atomic E-state index is 3.99. The number of hydrogen-bond acceptors (Lipinski definition) is 1. The van der Waals surface area contributed by atoms with Gasteiger partial charge in [-0.2, -0.15) is 0 Å². The second kappa shape index (κ2) is 13.4. The zero-order valence-corrected chi connectivity index (χ0v) is 32.2. The van der Waals surface area contributed by atoms with Crippen LogP contribution in [0.3, 0.4) is 0 Å². The van der Waals surface area contributed by atoms with Crippen molar-refractivity contribution < 1.29 is 0 Å². The fourth-order valence-electron chi connectivity index (χ4n) is 9.42. The summed E-state index contributed by atoms with van der Waals surface area (Å²) >= 11 is 0. The highest BCUT2D eigenvalue weighted by molar-refractivity contribution is 6.38. The highest BCUT2D eigenvalue weighted by Crippen LogP contribution is 2.47. The van der Waals surface area contributed by atoms with E-state index < -0.39 is 0 Å². The number of rotatable bonds is 6. The van der Waals surface area contributed by atoms with Crippen molar-refractivity contribution in [1.82, 2.24) is 9.55 Å². The molecule has 0 spiro atoms. The quantitative estimate of drug-likeness (QED) is 0.180. The van der Waals surface area contributed by atoms with Gasteiger partial charge in [0.05, 0.1) is 16.6 Å². The van der Waals surface area contributed by atoms with Gasteiger partial charge in [-0.05, 0) is 76.2 Å². The van der Waals surface area contributed by atoms with Crippen molar-refractivity contribution in [1.29, 1.82) is 0 Å². The Bertz CT molecular complexity index is 3530. The van der Waals surface area contributed by atoms with E-state index >= 15 is 0 Å². The molecular weight excluding hydrogens is 715 g/mol. The molecule has 0 bridgehead atoms. The molecule has 0 amide bonds. The first-order valence-electron chi connectivity index (χ1n) is 20.3. The summed E-state index contributed by atoms with van der Waals surface area (Å²) in [6.07, 6.45) is 0. The average Bonchev–Trinajstić information content (AvgIpc) is 3.87. The number of H-pyrrole nitrogens is 1. The molecule has 12 aromatic rings. The van der Waals surface area contributed by atoms with Gasteiger partial charge in [0, 0.05) is 66.0 Å². The van der Waals surface area contributed by atoms with Gasteiger partial charge in [-0.25, -0.2) is 0 Å². The molecule has 0 saturated heterocycles. The van der Waals surface area contributed by atoms with E-state index in [1.807, 2.05) is 0 Å². The topological polar surface area (TPSA) is 24.0 Å². The molecule has 0 saturated carbocycles. The molecule has 59 heavy (non-hydrogen) atoms. The molecule has 3 nitrogen and oxygen atoms in total. The molecule has 3 heteroatoms. The number of anilines is 3. The highest BCUT2D eigenvalue weighted by Gasteiger charge is 2.24. The summed E-state index contributed by atoms with van der Waals surface area (Å²) in [6.45, 7) is 0. The Labute approximate surface area is 341 Å². The van der Waals surface area contributed by atoms with E-state index in [1.54, 1.807) is 0 Å². The fourth-order valence-corrected chi connectivity index (χ4v) is 9.42. The van der Waals surface area contributed by atoms with Gasteiger partial charge in [-0.15, -0.1) is 0 Å². The predicted molar refractivity (Wildman–Crippen MR) is 251 cm³/mol. The lowest BCUT2D eigenvalue weighted by Crippen LogP contribution is -2.10. The Balaban J connectivity index is 1.13. The molecule has 0 unspecified atom stereocenters. The summed E-state index contributed by atoms with van der Waals surface area (Å²) in [5, 5.41) is 9.89. The normalized spacial score (nSPS) is 11.7. The van der Waals surface area contributed by atoms with Gasteiger partial charge < -0.3 is 14.5 Å². The third kappa shape index (κ3) is 5.29. The summed E-state index contributed by atoms with van der Waals surface area (Å²) < 4.78 is 2.50. The maximum absolute atomic E-state index is 3.99. The standard InChI is InChI=1S/C56H37N3/c1-4-15-37(16-5-1)39-27-30-43(31-28-39)58(44-23-14-20-41(35-44)38-17-6-2-7-18-38)45-32-34-49-51(36-45)57-54-47-25-12-13-26-48(47)56-53(52(49)54)50-33-29-40-19-10-11-24-46(40)55(50)59(56)42-21-8-3-9-22-42/h1-36,57H. The third-order valence-corrected chi connectivity index (χ3v) is 12.1. The van der Waals surface area contributed by atoms with Crippen LogP contribution in [-0.2, 0) is 0 Å². The Kier molecular flexibility index (Phi) is 7.54. The van der Waals surface area contributed by atoms with Gasteiger partial charge >= 0.3 is 0 Å². The summed E-state index contributed by atoms with van der Waals surface area (Å²) in [5.74, 6) is 0. The molecule has 12 rings (SSSR count). The molecule has 0 aliphatic carbocycles. The van der Waals surface area contributed by atoms with Crippen molar-refractivity contribution in [3.63, 3.8) is 0 Å². The minimum absolute atomic E-state index is 1.08. The van der Waals surface area contributed by atoms with Gasteiger partial charge in [0.1, 0.15) is 0 Å². The van der Waals surface area contributed by atoms with Crippen LogP contribution >= 0.6 is 0 Å². The van der Waals surface area contributed by atoms with Crippen LogP contribution in [-0.4, -0.2) is 9.55 Å². The number of para-hydroxylation sites is 1. The molecule has 0 radical (unpaired) electrons. The van der Waals surface area contributed by atoms with Crippen LogP contribution in [0.25, 0.3) is 93.1 Å². The molecular formula is C56H37N3. The minimum atomic E-state index is 1.08. The van der Waals surface area contributed by atoms with Gasteiger partial charge in [0.2, 0.25) is 0 Å². The first-order chi connectivity index (χ1) is 29.3. The van der Waals surface area contributed by atoms with Crippen molar-refractivity contribution in [3.8, 4) is 27.9 Å². The Morgan fingerprint density at radius 3 is 1.68 bits per heavy atom. The molecule has 10 aromatic carbocycles. The number of aromatic nitrogens is 2. The monoisotopic (exact) mass is 751 g/mol. The second-order valence-electron chi connectivity index (χ2n) is 15.4. The predicted octanol–water partition coefficient (Wildman–Crippen LogP) is 15.5. The molecule has 2 heterocycles. The van der Waals surface area contributed by atoms with Crippen LogP contribution < -0.4 is 4.90 Å². The summed E-state index contributed by atoms with van der Waals surface area (Å²) in [6, 6.07) is 79.1. The first-order valence-corrected chi connectivity index (χ1v) is 20.3. The van der Waals surface area contributed by atoms with Crippen LogP contribution in [0.1, 0.15) is 0 Å². The van der Waals surface area contributed by atoms with E-state index in [0.29, 0.717) is 0 Å². The Morgan fingerprint density at radius 1 is 0.339 bits per heavy atom. The number of benzene rings is 10. The van der Waals surface area contributed by atoms with E-state index in [1.165, 1.54) is 76.4 Å². The highest BCUT2D eigenvalue weighted by atomic mass is 15.1. The number of nitrogens with zero attached hydrogens (tertiary/aromatic N) is 2. The van der Waals surface area contributed by atoms with Crippen LogP contribution in [0.15, 0.2) is 218 Å². The van der Waals surface area contributed by atoms with Gasteiger partial charge in [-0.3, -0.25) is 0 Å². The zero-order valence-electron chi connectivity index (χ0n) is 32.2. The van der Waals surface area contributed by atoms with Gasteiger partial charge in [-0.1, -0.05) is 170 Å². The number of fused-ring (bicyclic) bond motifs is 12. The molecule has 276 valence electrons.